The molecular weight excluding hydrogens is 290 g/mol. The molecule has 0 saturated heterocycles. The maximum atomic E-state index is 11.8. The molecule has 0 aliphatic rings. The molecule has 0 atom stereocenters. The first-order valence-electron chi connectivity index (χ1n) is 6.62. The lowest BCUT2D eigenvalue weighted by molar-refractivity contribution is 0.533. The van der Waals surface area contributed by atoms with Crippen LogP contribution in [0.15, 0.2) is 21.3 Å². The van der Waals surface area contributed by atoms with E-state index in [-0.39, 0.29) is 17.6 Å². The highest BCUT2D eigenvalue weighted by Crippen LogP contribution is 2.34. The van der Waals surface area contributed by atoms with Crippen molar-refractivity contribution in [2.24, 2.45) is 5.84 Å². The summed E-state index contributed by atoms with van der Waals surface area (Å²) in [4.78, 5) is 20.2. The summed E-state index contributed by atoms with van der Waals surface area (Å²) in [6.45, 7) is 7.92. The van der Waals surface area contributed by atoms with Crippen molar-refractivity contribution in [3.63, 3.8) is 0 Å². The Morgan fingerprint density at radius 2 is 2.05 bits per heavy atom. The minimum absolute atomic E-state index is 0.00944. The molecule has 0 bridgehead atoms. The van der Waals surface area contributed by atoms with Gasteiger partial charge in [-0.2, -0.15) is 0 Å². The molecule has 2 heterocycles. The van der Waals surface area contributed by atoms with Crippen LogP contribution in [0.1, 0.15) is 45.2 Å². The van der Waals surface area contributed by atoms with Crippen LogP contribution in [0.4, 0.5) is 5.82 Å². The Kier molecular flexibility index (Phi) is 4.63. The molecule has 4 N–H and O–H groups in total. The second-order valence-electron chi connectivity index (χ2n) is 5.12. The quantitative estimate of drug-likeness (QED) is 0.435. The van der Waals surface area contributed by atoms with Gasteiger partial charge in [-0.05, 0) is 31.5 Å². The molecule has 2 aromatic rings. The number of nitrogens with two attached hydrogens (primary N) is 1. The predicted octanol–water partition coefficient (Wildman–Crippen LogP) is 1.50. The average Bonchev–Trinajstić information content (AvgIpc) is 2.79. The average molecular weight is 309 g/mol. The molecule has 21 heavy (non-hydrogen) atoms. The highest BCUT2D eigenvalue weighted by atomic mass is 32.2. The van der Waals surface area contributed by atoms with Gasteiger partial charge in [0, 0.05) is 11.6 Å². The largest absolute Gasteiger partial charge is 0.344 e. The Labute approximate surface area is 126 Å². The summed E-state index contributed by atoms with van der Waals surface area (Å²) in [6, 6.07) is 0.00944. The second-order valence-corrected chi connectivity index (χ2v) is 6.07. The molecular formula is C12H19N7OS. The van der Waals surface area contributed by atoms with Gasteiger partial charge in [0.25, 0.3) is 0 Å². The van der Waals surface area contributed by atoms with Gasteiger partial charge >= 0.3 is 5.69 Å². The van der Waals surface area contributed by atoms with Crippen LogP contribution in [0.5, 0.6) is 0 Å². The van der Waals surface area contributed by atoms with E-state index in [1.807, 2.05) is 27.7 Å². The van der Waals surface area contributed by atoms with E-state index in [0.29, 0.717) is 11.0 Å². The zero-order chi connectivity index (χ0) is 15.6. The molecule has 8 nitrogen and oxygen atoms in total. The van der Waals surface area contributed by atoms with Crippen molar-refractivity contribution in [1.82, 2.24) is 24.7 Å². The van der Waals surface area contributed by atoms with Crippen LogP contribution in [-0.4, -0.2) is 24.7 Å². The lowest BCUT2D eigenvalue weighted by Crippen LogP contribution is -2.19. The number of aromatic nitrogens is 5. The summed E-state index contributed by atoms with van der Waals surface area (Å²) in [5.41, 5.74) is 3.25. The fraction of sp³-hybridized carbons (Fsp3) is 0.500. The maximum Gasteiger partial charge on any atom is 0.344 e. The normalized spacial score (nSPS) is 11.4. The lowest BCUT2D eigenvalue weighted by atomic mass is 10.1. The van der Waals surface area contributed by atoms with Crippen LogP contribution in [0.25, 0.3) is 0 Å². The molecule has 0 radical (unpaired) electrons. The Morgan fingerprint density at radius 3 is 2.62 bits per heavy atom. The van der Waals surface area contributed by atoms with Crippen LogP contribution in [0, 0.1) is 0 Å². The van der Waals surface area contributed by atoms with Crippen molar-refractivity contribution < 1.29 is 0 Å². The molecule has 2 aromatic heterocycles. The monoisotopic (exact) mass is 309 g/mol. The van der Waals surface area contributed by atoms with Crippen molar-refractivity contribution in [2.75, 3.05) is 5.43 Å². The SMILES string of the molecule is CC(C)c1c(NN)ncnc1Sc1n[nH]c(=O)n1C(C)C. The number of nitrogen functional groups attached to an aromatic ring is 1. The van der Waals surface area contributed by atoms with Gasteiger partial charge in [-0.3, -0.25) is 4.57 Å². The van der Waals surface area contributed by atoms with E-state index >= 15 is 0 Å². The molecule has 0 amide bonds. The van der Waals surface area contributed by atoms with Gasteiger partial charge in [-0.1, -0.05) is 13.8 Å². The van der Waals surface area contributed by atoms with Gasteiger partial charge in [0.15, 0.2) is 5.16 Å². The van der Waals surface area contributed by atoms with E-state index in [1.165, 1.54) is 18.1 Å². The molecule has 114 valence electrons. The van der Waals surface area contributed by atoms with Crippen LogP contribution in [0.2, 0.25) is 0 Å². The first-order valence-corrected chi connectivity index (χ1v) is 7.43. The predicted molar refractivity (Wildman–Crippen MR) is 81.3 cm³/mol. The second kappa shape index (κ2) is 6.27. The van der Waals surface area contributed by atoms with Gasteiger partial charge in [-0.25, -0.2) is 25.7 Å². The molecule has 9 heteroatoms. The first-order chi connectivity index (χ1) is 9.95. The number of nitrogens with zero attached hydrogens (tertiary/aromatic N) is 4. The summed E-state index contributed by atoms with van der Waals surface area (Å²) in [7, 11) is 0. The molecule has 2 rings (SSSR count). The number of hydrogen-bond acceptors (Lipinski definition) is 7. The fourth-order valence-electron chi connectivity index (χ4n) is 2.00. The standard InChI is InChI=1S/C12H19N7OS/c1-6(2)8-9(16-13)14-5-15-10(8)21-12-18-17-11(20)19(12)7(3)4/h5-7H,13H2,1-4H3,(H,17,20)(H,14,15,16). The van der Waals surface area contributed by atoms with E-state index in [0.717, 1.165) is 10.6 Å². The molecule has 0 saturated carbocycles. The van der Waals surface area contributed by atoms with E-state index in [1.54, 1.807) is 4.57 Å². The third-order valence-electron chi connectivity index (χ3n) is 2.94. The van der Waals surface area contributed by atoms with E-state index < -0.39 is 0 Å². The van der Waals surface area contributed by atoms with E-state index in [9.17, 15) is 4.79 Å². The van der Waals surface area contributed by atoms with E-state index in [4.69, 9.17) is 5.84 Å². The van der Waals surface area contributed by atoms with Crippen LogP contribution >= 0.6 is 11.8 Å². The molecule has 0 aliphatic carbocycles. The highest BCUT2D eigenvalue weighted by molar-refractivity contribution is 7.99. The number of hydrazine groups is 1. The third-order valence-corrected chi connectivity index (χ3v) is 3.93. The third kappa shape index (κ3) is 3.08. The molecule has 0 unspecified atom stereocenters. The number of aromatic amines is 1. The molecule has 0 aliphatic heterocycles. The van der Waals surface area contributed by atoms with Crippen molar-refractivity contribution in [3.8, 4) is 0 Å². The number of hydrogen-bond donors (Lipinski definition) is 3. The van der Waals surface area contributed by atoms with Crippen LogP contribution in [-0.2, 0) is 0 Å². The summed E-state index contributed by atoms with van der Waals surface area (Å²) < 4.78 is 1.59. The summed E-state index contributed by atoms with van der Waals surface area (Å²) in [5.74, 6) is 6.27. The molecule has 0 spiro atoms. The minimum atomic E-state index is -0.232. The van der Waals surface area contributed by atoms with Gasteiger partial charge in [0.1, 0.15) is 17.2 Å². The van der Waals surface area contributed by atoms with Gasteiger partial charge in [-0.15, -0.1) is 5.10 Å². The fourth-order valence-corrected chi connectivity index (χ4v) is 3.20. The number of nitrogens with one attached hydrogen (secondary N) is 2. The van der Waals surface area contributed by atoms with Crippen molar-refractivity contribution >= 4 is 17.6 Å². The molecule has 0 aromatic carbocycles. The van der Waals surface area contributed by atoms with Gasteiger partial charge in [0.2, 0.25) is 0 Å². The lowest BCUT2D eigenvalue weighted by Gasteiger charge is -2.15. The Morgan fingerprint density at radius 1 is 1.33 bits per heavy atom. The maximum absolute atomic E-state index is 11.8. The molecule has 0 fully saturated rings. The Bertz CT molecular complexity index is 676. The number of H-pyrrole nitrogens is 1. The van der Waals surface area contributed by atoms with E-state index in [2.05, 4.69) is 25.6 Å². The Hall–Kier alpha value is -1.87. The number of anilines is 1. The van der Waals surface area contributed by atoms with Crippen molar-refractivity contribution in [3.05, 3.63) is 22.4 Å². The minimum Gasteiger partial charge on any atom is -0.308 e. The number of rotatable bonds is 5. The summed E-state index contributed by atoms with van der Waals surface area (Å²) in [6.07, 6.45) is 1.44. The Balaban J connectivity index is 2.48. The zero-order valence-electron chi connectivity index (χ0n) is 12.4. The van der Waals surface area contributed by atoms with Crippen LogP contribution in [0.3, 0.4) is 0 Å². The summed E-state index contributed by atoms with van der Waals surface area (Å²) in [5, 5.41) is 7.83. The smallest absolute Gasteiger partial charge is 0.308 e. The van der Waals surface area contributed by atoms with Crippen LogP contribution < -0.4 is 17.0 Å². The first kappa shape index (κ1) is 15.5. The van der Waals surface area contributed by atoms with Crippen molar-refractivity contribution in [1.29, 1.82) is 0 Å². The van der Waals surface area contributed by atoms with Crippen molar-refractivity contribution in [2.45, 2.75) is 49.8 Å². The topological polar surface area (TPSA) is 115 Å². The van der Waals surface area contributed by atoms with Gasteiger partial charge in [0.05, 0.1) is 0 Å². The highest BCUT2D eigenvalue weighted by Gasteiger charge is 2.19. The van der Waals surface area contributed by atoms with Gasteiger partial charge < -0.3 is 5.43 Å². The zero-order valence-corrected chi connectivity index (χ0v) is 13.2. The summed E-state index contributed by atoms with van der Waals surface area (Å²) >= 11 is 1.32.